The van der Waals surface area contributed by atoms with E-state index in [1.165, 1.54) is 51.4 Å². The van der Waals surface area contributed by atoms with Crippen LogP contribution < -0.4 is 0 Å². The molecule has 0 aromatic carbocycles. The maximum Gasteiger partial charge on any atom is 0.472 e. The topological polar surface area (TPSA) is 237 Å². The van der Waals surface area contributed by atoms with Crippen LogP contribution >= 0.6 is 15.6 Å². The molecule has 0 aliphatic carbocycles. The van der Waals surface area contributed by atoms with Gasteiger partial charge in [-0.2, -0.15) is 0 Å². The van der Waals surface area contributed by atoms with Crippen LogP contribution in [0.1, 0.15) is 272 Å². The summed E-state index contributed by atoms with van der Waals surface area (Å²) in [5.41, 5.74) is 0. The molecule has 0 fully saturated rings. The van der Waals surface area contributed by atoms with Gasteiger partial charge in [-0.1, -0.05) is 258 Å². The van der Waals surface area contributed by atoms with Gasteiger partial charge in [0.25, 0.3) is 0 Å². The average molecular weight is 1390 g/mol. The number of esters is 4. The lowest BCUT2D eigenvalue weighted by Gasteiger charge is -2.21. The monoisotopic (exact) mass is 1390 g/mol. The number of phosphoric ester groups is 2. The highest BCUT2D eigenvalue weighted by Crippen LogP contribution is 2.45. The van der Waals surface area contributed by atoms with Gasteiger partial charge in [-0.25, -0.2) is 9.13 Å². The summed E-state index contributed by atoms with van der Waals surface area (Å²) in [5, 5.41) is 10.6. The Morgan fingerprint density at radius 2 is 0.562 bits per heavy atom. The van der Waals surface area contributed by atoms with Crippen LogP contribution in [0.15, 0.2) is 134 Å². The summed E-state index contributed by atoms with van der Waals surface area (Å²) >= 11 is 0. The van der Waals surface area contributed by atoms with Gasteiger partial charge in [-0.15, -0.1) is 0 Å². The zero-order chi connectivity index (χ0) is 70.4. The molecule has 96 heavy (non-hydrogen) atoms. The van der Waals surface area contributed by atoms with Gasteiger partial charge >= 0.3 is 39.5 Å². The minimum Gasteiger partial charge on any atom is -0.462 e. The van der Waals surface area contributed by atoms with Crippen molar-refractivity contribution in [1.82, 2.24) is 0 Å². The molecule has 17 nitrogen and oxygen atoms in total. The number of allylic oxidation sites excluding steroid dienone is 22. The van der Waals surface area contributed by atoms with Crippen LogP contribution in [0.2, 0.25) is 0 Å². The van der Waals surface area contributed by atoms with Crippen LogP contribution in [0.4, 0.5) is 0 Å². The van der Waals surface area contributed by atoms with Gasteiger partial charge in [0.15, 0.2) is 12.2 Å². The molecule has 0 aliphatic heterocycles. The van der Waals surface area contributed by atoms with Crippen molar-refractivity contribution in [2.24, 2.45) is 0 Å². The number of hydrogen-bond donors (Lipinski definition) is 3. The van der Waals surface area contributed by atoms with E-state index < -0.39 is 97.5 Å². The van der Waals surface area contributed by atoms with Gasteiger partial charge in [-0.3, -0.25) is 37.3 Å². The van der Waals surface area contributed by atoms with Crippen LogP contribution in [-0.4, -0.2) is 96.7 Å². The summed E-state index contributed by atoms with van der Waals surface area (Å²) in [6.45, 7) is 4.43. The van der Waals surface area contributed by atoms with E-state index in [1.54, 1.807) is 0 Å². The van der Waals surface area contributed by atoms with Gasteiger partial charge in [-0.05, 0) is 122 Å². The van der Waals surface area contributed by atoms with Crippen molar-refractivity contribution in [2.75, 3.05) is 39.6 Å². The lowest BCUT2D eigenvalue weighted by Crippen LogP contribution is -2.30. The highest BCUT2D eigenvalue weighted by atomic mass is 31.2. The van der Waals surface area contributed by atoms with E-state index >= 15 is 0 Å². The number of hydrogen-bond acceptors (Lipinski definition) is 15. The maximum atomic E-state index is 13.0. The molecule has 0 heterocycles. The second-order valence-electron chi connectivity index (χ2n) is 23.8. The maximum absolute atomic E-state index is 13.0. The van der Waals surface area contributed by atoms with Crippen molar-refractivity contribution < 1.29 is 80.2 Å². The Morgan fingerprint density at radius 1 is 0.302 bits per heavy atom. The Hall–Kier alpha value is -4.80. The molecule has 5 atom stereocenters. The first-order valence-corrected chi connectivity index (χ1v) is 39.4. The first-order valence-electron chi connectivity index (χ1n) is 36.4. The third-order valence-corrected chi connectivity index (χ3v) is 16.5. The third kappa shape index (κ3) is 67.8. The number of rotatable bonds is 67. The molecule has 0 bridgehead atoms. The normalized spacial score (nSPS) is 14.8. The van der Waals surface area contributed by atoms with Crippen molar-refractivity contribution in [3.05, 3.63) is 134 Å². The predicted molar refractivity (Wildman–Crippen MR) is 390 cm³/mol. The minimum atomic E-state index is -4.99. The molecule has 0 aromatic rings. The van der Waals surface area contributed by atoms with Gasteiger partial charge < -0.3 is 33.8 Å². The molecule has 0 saturated carbocycles. The molecule has 5 unspecified atom stereocenters. The molecule has 548 valence electrons. The first kappa shape index (κ1) is 91.2. The van der Waals surface area contributed by atoms with Crippen LogP contribution in [0.5, 0.6) is 0 Å². The predicted octanol–water partition coefficient (Wildman–Crippen LogP) is 20.5. The Kier molecular flexibility index (Phi) is 65.3. The molecule has 0 radical (unpaired) electrons. The Morgan fingerprint density at radius 3 is 0.906 bits per heavy atom. The number of aliphatic hydroxyl groups is 1. The molecule has 0 rings (SSSR count). The quantitative estimate of drug-likeness (QED) is 0.0169. The molecular formula is C77H128O17P2. The van der Waals surface area contributed by atoms with Crippen LogP contribution in [-0.2, 0) is 65.4 Å². The van der Waals surface area contributed by atoms with Crippen LogP contribution in [0.25, 0.3) is 0 Å². The third-order valence-electron chi connectivity index (χ3n) is 14.6. The number of aliphatic hydroxyl groups excluding tert-OH is 1. The number of carbonyl (C=O) groups is 4. The van der Waals surface area contributed by atoms with Crippen LogP contribution in [0, 0.1) is 0 Å². The summed E-state index contributed by atoms with van der Waals surface area (Å²) < 4.78 is 68.2. The molecule has 19 heteroatoms. The van der Waals surface area contributed by atoms with E-state index in [-0.39, 0.29) is 25.7 Å². The van der Waals surface area contributed by atoms with Crippen LogP contribution in [0.3, 0.4) is 0 Å². The molecule has 0 amide bonds. The molecular weight excluding hydrogens is 1260 g/mol. The summed E-state index contributed by atoms with van der Waals surface area (Å²) in [5.74, 6) is -2.33. The van der Waals surface area contributed by atoms with Crippen molar-refractivity contribution >= 4 is 39.5 Å². The minimum absolute atomic E-state index is 0.0682. The number of ether oxygens (including phenoxy) is 4. The lowest BCUT2D eigenvalue weighted by molar-refractivity contribution is -0.161. The SMILES string of the molecule is CC/C=C\C/C=C\C/C=C\C/C=C\C/C=C\CCCC(=O)OCC(COP(=O)(O)OCC(O)COP(=O)(O)OCC(COC(=O)CCC/C=C\C/C=C\C/C=C\C/C=C\C/C=C\CC)OC(=O)CCCCCCCCCCCCC)OC(=O)CCCCCCC/C=C\CCCC. The van der Waals surface area contributed by atoms with E-state index in [4.69, 9.17) is 37.0 Å². The Bertz CT molecular complexity index is 2350. The largest absolute Gasteiger partial charge is 0.472 e. The zero-order valence-corrected chi connectivity index (χ0v) is 61.3. The second-order valence-corrected chi connectivity index (χ2v) is 26.7. The van der Waals surface area contributed by atoms with Crippen molar-refractivity contribution in [1.29, 1.82) is 0 Å². The summed E-state index contributed by atoms with van der Waals surface area (Å²) in [6.07, 6.45) is 74.8. The average Bonchev–Trinajstić information content (AvgIpc) is 1.21. The molecule has 0 aliphatic rings. The first-order chi connectivity index (χ1) is 46.7. The second kappa shape index (κ2) is 68.7. The smallest absolute Gasteiger partial charge is 0.462 e. The number of phosphoric acid groups is 2. The lowest BCUT2D eigenvalue weighted by atomic mass is 10.1. The van der Waals surface area contributed by atoms with Gasteiger partial charge in [0.2, 0.25) is 0 Å². The number of carbonyl (C=O) groups excluding carboxylic acids is 4. The molecule has 0 saturated heterocycles. The Balaban J connectivity index is 5.40. The van der Waals surface area contributed by atoms with E-state index in [2.05, 4.69) is 137 Å². The fourth-order valence-electron chi connectivity index (χ4n) is 9.09. The van der Waals surface area contributed by atoms with Gasteiger partial charge in [0.05, 0.1) is 26.4 Å². The fraction of sp³-hybridized carbons (Fsp3) is 0.662. The zero-order valence-electron chi connectivity index (χ0n) is 59.5. The number of unbranched alkanes of at least 4 members (excludes halogenated alkanes) is 19. The van der Waals surface area contributed by atoms with E-state index in [9.17, 15) is 43.2 Å². The molecule has 0 aromatic heterocycles. The standard InChI is InChI=1S/C77H128O17P2/c1-5-9-13-17-21-25-29-31-33-35-37-39-43-45-49-53-57-61-74(79)87-67-72(93-76(81)63-59-55-51-47-41-27-23-19-15-11-7-3)69-91-95(83,84)89-65-71(78)66-90-96(85,86)92-70-73(94-77(82)64-60-56-52-48-42-28-24-20-16-12-8-4)68-88-75(80)62-58-54-50-46-44-40-38-36-34-32-30-26-22-18-14-10-6-2/h9-10,13-14,19,21-23,25-26,31-34,37-40,45-46,49-50,71-73,78H,5-8,11-12,15-18,20,24,27-30,35-36,41-44,47-48,51-70H2,1-4H3,(H,83,84)(H,85,86)/b13-9-,14-10-,23-19-,25-21-,26-22-,33-31-,34-32-,39-37-,40-38-,49-45-,50-46-. The van der Waals surface area contributed by atoms with Crippen molar-refractivity contribution in [3.63, 3.8) is 0 Å². The van der Waals surface area contributed by atoms with Crippen molar-refractivity contribution in [2.45, 2.75) is 290 Å². The fourth-order valence-corrected chi connectivity index (χ4v) is 10.7. The summed E-state index contributed by atoms with van der Waals surface area (Å²) in [7, 11) is -9.97. The van der Waals surface area contributed by atoms with E-state index in [1.807, 2.05) is 24.3 Å². The highest BCUT2D eigenvalue weighted by Gasteiger charge is 2.30. The highest BCUT2D eigenvalue weighted by molar-refractivity contribution is 7.47. The van der Waals surface area contributed by atoms with E-state index in [0.717, 1.165) is 128 Å². The van der Waals surface area contributed by atoms with Gasteiger partial charge in [0.1, 0.15) is 19.3 Å². The summed E-state index contributed by atoms with van der Waals surface area (Å²) in [4.78, 5) is 72.6. The van der Waals surface area contributed by atoms with Crippen molar-refractivity contribution in [3.8, 4) is 0 Å². The van der Waals surface area contributed by atoms with E-state index in [0.29, 0.717) is 38.5 Å². The van der Waals surface area contributed by atoms with Gasteiger partial charge in [0, 0.05) is 25.7 Å². The molecule has 0 spiro atoms. The molecule has 3 N–H and O–H groups in total. The Labute approximate surface area is 580 Å². The summed E-state index contributed by atoms with van der Waals surface area (Å²) in [6, 6.07) is 0.